The Bertz CT molecular complexity index is 1040. The summed E-state index contributed by atoms with van der Waals surface area (Å²) >= 11 is 1.29. The van der Waals surface area contributed by atoms with Crippen molar-refractivity contribution in [3.63, 3.8) is 0 Å². The fraction of sp³-hybridized carbons (Fsp3) is 0.273. The van der Waals surface area contributed by atoms with Crippen LogP contribution in [0.15, 0.2) is 59.8 Å². The van der Waals surface area contributed by atoms with Gasteiger partial charge in [0.2, 0.25) is 5.91 Å². The van der Waals surface area contributed by atoms with Gasteiger partial charge < -0.3 is 19.9 Å². The Morgan fingerprint density at radius 2 is 1.81 bits per heavy atom. The zero-order chi connectivity index (χ0) is 22.2. The van der Waals surface area contributed by atoms with E-state index in [-0.39, 0.29) is 23.6 Å². The summed E-state index contributed by atoms with van der Waals surface area (Å²) in [6, 6.07) is 15.9. The van der Waals surface area contributed by atoms with Gasteiger partial charge in [-0.05, 0) is 38.1 Å². The van der Waals surface area contributed by atoms with Gasteiger partial charge in [-0.25, -0.2) is 0 Å². The van der Waals surface area contributed by atoms with E-state index in [1.807, 2.05) is 48.7 Å². The number of benzene rings is 2. The molecule has 0 unspecified atom stereocenters. The molecule has 3 rings (SSSR count). The third kappa shape index (κ3) is 5.64. The van der Waals surface area contributed by atoms with Crippen molar-refractivity contribution in [2.75, 3.05) is 18.2 Å². The third-order valence-electron chi connectivity index (χ3n) is 4.55. The molecule has 162 valence electrons. The minimum Gasteiger partial charge on any atom is -0.495 e. The summed E-state index contributed by atoms with van der Waals surface area (Å²) < 4.78 is 7.16. The van der Waals surface area contributed by atoms with E-state index in [4.69, 9.17) is 4.74 Å². The first-order valence-electron chi connectivity index (χ1n) is 9.88. The maximum absolute atomic E-state index is 12.4. The van der Waals surface area contributed by atoms with Crippen LogP contribution in [0.4, 0.5) is 5.69 Å². The predicted molar refractivity (Wildman–Crippen MR) is 120 cm³/mol. The summed E-state index contributed by atoms with van der Waals surface area (Å²) in [5.74, 6) is 1.06. The molecule has 0 aliphatic heterocycles. The van der Waals surface area contributed by atoms with Crippen LogP contribution in [0.2, 0.25) is 0 Å². The Morgan fingerprint density at radius 3 is 2.52 bits per heavy atom. The van der Waals surface area contributed by atoms with Crippen LogP contribution in [0, 0.1) is 0 Å². The van der Waals surface area contributed by atoms with Gasteiger partial charge in [0.25, 0.3) is 5.91 Å². The Labute approximate surface area is 185 Å². The fourth-order valence-corrected chi connectivity index (χ4v) is 3.83. The highest BCUT2D eigenvalue weighted by Crippen LogP contribution is 2.25. The first-order valence-corrected chi connectivity index (χ1v) is 10.9. The van der Waals surface area contributed by atoms with E-state index < -0.39 is 0 Å². The quantitative estimate of drug-likeness (QED) is 0.495. The molecular weight excluding hydrogens is 414 g/mol. The first-order chi connectivity index (χ1) is 15.0. The van der Waals surface area contributed by atoms with Crippen molar-refractivity contribution >= 4 is 29.3 Å². The zero-order valence-corrected chi connectivity index (χ0v) is 18.5. The molecule has 2 N–H and O–H groups in total. The number of carbonyl (C=O) groups excluding carboxylic acids is 2. The van der Waals surface area contributed by atoms with Crippen LogP contribution in [0.3, 0.4) is 0 Å². The highest BCUT2D eigenvalue weighted by molar-refractivity contribution is 7.99. The largest absolute Gasteiger partial charge is 0.495 e. The number of ether oxygens (including phenoxy) is 1. The standard InChI is InChI=1S/C22H25N5O3S/c1-4-27-20(15(2)23-21(29)16-10-6-5-7-11-16)25-26-22(27)31-14-19(28)24-17-12-8-9-13-18(17)30-3/h5-13,15H,4,14H2,1-3H3,(H,23,29)(H,24,28)/t15-/m1/s1. The number of rotatable bonds is 9. The molecule has 0 aliphatic rings. The number of amides is 2. The lowest BCUT2D eigenvalue weighted by Gasteiger charge is -2.15. The van der Waals surface area contributed by atoms with E-state index in [9.17, 15) is 9.59 Å². The summed E-state index contributed by atoms with van der Waals surface area (Å²) in [4.78, 5) is 24.8. The second-order valence-corrected chi connectivity index (χ2v) is 7.63. The topological polar surface area (TPSA) is 98.1 Å². The molecule has 1 atom stereocenters. The van der Waals surface area contributed by atoms with Crippen LogP contribution in [-0.2, 0) is 11.3 Å². The molecule has 0 aliphatic carbocycles. The van der Waals surface area contributed by atoms with Crippen molar-refractivity contribution in [1.29, 1.82) is 0 Å². The van der Waals surface area contributed by atoms with E-state index in [0.717, 1.165) is 0 Å². The third-order valence-corrected chi connectivity index (χ3v) is 5.51. The molecule has 31 heavy (non-hydrogen) atoms. The van der Waals surface area contributed by atoms with E-state index in [2.05, 4.69) is 20.8 Å². The Hall–Kier alpha value is -3.33. The van der Waals surface area contributed by atoms with E-state index in [1.165, 1.54) is 11.8 Å². The van der Waals surface area contributed by atoms with E-state index in [0.29, 0.717) is 34.5 Å². The number of carbonyl (C=O) groups is 2. The lowest BCUT2D eigenvalue weighted by atomic mass is 10.2. The number of para-hydroxylation sites is 2. The van der Waals surface area contributed by atoms with E-state index in [1.54, 1.807) is 31.4 Å². The highest BCUT2D eigenvalue weighted by atomic mass is 32.2. The number of nitrogens with one attached hydrogen (secondary N) is 2. The number of nitrogens with zero attached hydrogens (tertiary/aromatic N) is 3. The number of hydrogen-bond acceptors (Lipinski definition) is 6. The number of hydrogen-bond donors (Lipinski definition) is 2. The molecule has 2 amide bonds. The molecule has 0 saturated heterocycles. The van der Waals surface area contributed by atoms with Crippen molar-refractivity contribution in [3.8, 4) is 5.75 Å². The SMILES string of the molecule is CCn1c(SCC(=O)Nc2ccccc2OC)nnc1[C@@H](C)NC(=O)c1ccccc1. The van der Waals surface area contributed by atoms with Crippen molar-refractivity contribution in [1.82, 2.24) is 20.1 Å². The van der Waals surface area contributed by atoms with Gasteiger partial charge in [0.05, 0.1) is 24.6 Å². The molecule has 2 aromatic carbocycles. The number of aromatic nitrogens is 3. The second-order valence-electron chi connectivity index (χ2n) is 6.68. The van der Waals surface area contributed by atoms with Gasteiger partial charge in [-0.15, -0.1) is 10.2 Å². The maximum atomic E-state index is 12.4. The predicted octanol–water partition coefficient (Wildman–Crippen LogP) is 3.53. The van der Waals surface area contributed by atoms with Crippen LogP contribution in [0.5, 0.6) is 5.75 Å². The van der Waals surface area contributed by atoms with Gasteiger partial charge >= 0.3 is 0 Å². The molecule has 1 aromatic heterocycles. The van der Waals surface area contributed by atoms with Gasteiger partial charge in [0.1, 0.15) is 5.75 Å². The van der Waals surface area contributed by atoms with Crippen LogP contribution >= 0.6 is 11.8 Å². The highest BCUT2D eigenvalue weighted by Gasteiger charge is 2.20. The summed E-state index contributed by atoms with van der Waals surface area (Å²) in [6.07, 6.45) is 0. The lowest BCUT2D eigenvalue weighted by Crippen LogP contribution is -2.28. The van der Waals surface area contributed by atoms with Crippen LogP contribution in [-0.4, -0.2) is 39.4 Å². The van der Waals surface area contributed by atoms with Crippen LogP contribution < -0.4 is 15.4 Å². The summed E-state index contributed by atoms with van der Waals surface area (Å²) in [6.45, 7) is 4.45. The van der Waals surface area contributed by atoms with Crippen molar-refractivity contribution in [2.45, 2.75) is 31.6 Å². The minimum absolute atomic E-state index is 0.168. The summed E-state index contributed by atoms with van der Waals surface area (Å²) in [5.41, 5.74) is 1.20. The van der Waals surface area contributed by atoms with Crippen molar-refractivity contribution in [2.24, 2.45) is 0 Å². The molecule has 0 fully saturated rings. The normalized spacial score (nSPS) is 11.6. The molecule has 9 heteroatoms. The minimum atomic E-state index is -0.336. The molecule has 0 saturated carbocycles. The van der Waals surface area contributed by atoms with Gasteiger partial charge in [-0.2, -0.15) is 0 Å². The molecular formula is C22H25N5O3S. The molecule has 8 nitrogen and oxygen atoms in total. The Kier molecular flexibility index (Phi) is 7.66. The van der Waals surface area contributed by atoms with Crippen LogP contribution in [0.1, 0.15) is 36.1 Å². The monoisotopic (exact) mass is 439 g/mol. The van der Waals surface area contributed by atoms with Gasteiger partial charge in [-0.1, -0.05) is 42.1 Å². The number of anilines is 1. The zero-order valence-electron chi connectivity index (χ0n) is 17.7. The fourth-order valence-electron chi connectivity index (χ4n) is 3.02. The number of thioether (sulfide) groups is 1. The van der Waals surface area contributed by atoms with Gasteiger partial charge in [0.15, 0.2) is 11.0 Å². The van der Waals surface area contributed by atoms with Gasteiger partial charge in [-0.3, -0.25) is 9.59 Å². The average molecular weight is 440 g/mol. The number of methoxy groups -OCH3 is 1. The smallest absolute Gasteiger partial charge is 0.251 e. The maximum Gasteiger partial charge on any atom is 0.251 e. The molecule has 1 heterocycles. The molecule has 0 spiro atoms. The molecule has 0 bridgehead atoms. The van der Waals surface area contributed by atoms with Crippen molar-refractivity contribution < 1.29 is 14.3 Å². The Balaban J connectivity index is 1.63. The summed E-state index contributed by atoms with van der Waals surface area (Å²) in [5, 5.41) is 14.9. The summed E-state index contributed by atoms with van der Waals surface area (Å²) in [7, 11) is 1.56. The second kappa shape index (κ2) is 10.6. The first kappa shape index (κ1) is 22.4. The van der Waals surface area contributed by atoms with Crippen molar-refractivity contribution in [3.05, 3.63) is 66.0 Å². The average Bonchev–Trinajstić information content (AvgIpc) is 3.21. The molecule has 0 radical (unpaired) electrons. The molecule has 3 aromatic rings. The van der Waals surface area contributed by atoms with Gasteiger partial charge in [0, 0.05) is 12.1 Å². The van der Waals surface area contributed by atoms with E-state index >= 15 is 0 Å². The van der Waals surface area contributed by atoms with Crippen LogP contribution in [0.25, 0.3) is 0 Å². The lowest BCUT2D eigenvalue weighted by molar-refractivity contribution is -0.113. The Morgan fingerprint density at radius 1 is 1.10 bits per heavy atom.